The first-order valence-electron chi connectivity index (χ1n) is 11.5. The zero-order valence-electron chi connectivity index (χ0n) is 20.1. The summed E-state index contributed by atoms with van der Waals surface area (Å²) in [6.07, 6.45) is 4.98. The van der Waals surface area contributed by atoms with E-state index in [-0.39, 0.29) is 17.6 Å². The number of aromatic nitrogens is 2. The van der Waals surface area contributed by atoms with Gasteiger partial charge in [-0.05, 0) is 58.2 Å². The molecule has 0 atom stereocenters. The fourth-order valence-electron chi connectivity index (χ4n) is 3.41. The van der Waals surface area contributed by atoms with Gasteiger partial charge in [0.25, 0.3) is 11.5 Å². The third-order valence-corrected chi connectivity index (χ3v) is 6.47. The maximum atomic E-state index is 13.4. The summed E-state index contributed by atoms with van der Waals surface area (Å²) in [5, 5.41) is 3.26. The molecule has 1 aliphatic rings. The van der Waals surface area contributed by atoms with Crippen LogP contribution in [0.25, 0.3) is 11.7 Å². The molecule has 2 aromatic heterocycles. The van der Waals surface area contributed by atoms with Crippen molar-refractivity contribution in [2.75, 3.05) is 38.2 Å². The molecule has 0 bridgehead atoms. The van der Waals surface area contributed by atoms with Crippen LogP contribution >= 0.6 is 24.0 Å². The lowest BCUT2D eigenvalue weighted by atomic mass is 10.2. The van der Waals surface area contributed by atoms with E-state index >= 15 is 0 Å². The Kier molecular flexibility index (Phi) is 9.63. The van der Waals surface area contributed by atoms with Crippen molar-refractivity contribution in [1.29, 1.82) is 0 Å². The van der Waals surface area contributed by atoms with Crippen LogP contribution < -0.4 is 10.9 Å². The number of aryl methyl sites for hydroxylation is 1. The topological polar surface area (TPSA) is 85.2 Å². The van der Waals surface area contributed by atoms with Crippen LogP contribution in [-0.4, -0.2) is 63.5 Å². The number of nitrogens with one attached hydrogen (secondary N) is 1. The largest absolute Gasteiger partial charge is 0.382 e. The van der Waals surface area contributed by atoms with Gasteiger partial charge < -0.3 is 14.8 Å². The summed E-state index contributed by atoms with van der Waals surface area (Å²) < 4.78 is 13.0. The molecular weight excluding hydrogens is 472 g/mol. The lowest BCUT2D eigenvalue weighted by molar-refractivity contribution is -0.122. The number of thiocarbonyl (C=S) groups is 1. The van der Waals surface area contributed by atoms with Crippen molar-refractivity contribution in [3.8, 4) is 0 Å². The highest BCUT2D eigenvalue weighted by atomic mass is 32.2. The van der Waals surface area contributed by atoms with Gasteiger partial charge in [0.1, 0.15) is 15.8 Å². The number of fused-ring (bicyclic) bond motifs is 1. The Labute approximate surface area is 209 Å². The second kappa shape index (κ2) is 12.4. The maximum Gasteiger partial charge on any atom is 0.267 e. The van der Waals surface area contributed by atoms with Gasteiger partial charge in [0.15, 0.2) is 0 Å². The summed E-state index contributed by atoms with van der Waals surface area (Å²) in [4.78, 5) is 33.1. The minimum absolute atomic E-state index is 0.165. The van der Waals surface area contributed by atoms with E-state index in [1.165, 1.54) is 16.2 Å². The zero-order valence-corrected chi connectivity index (χ0v) is 21.8. The number of hydrogen-bond donors (Lipinski definition) is 1. The molecule has 0 radical (unpaired) electrons. The van der Waals surface area contributed by atoms with Crippen LogP contribution in [0.3, 0.4) is 0 Å². The van der Waals surface area contributed by atoms with Gasteiger partial charge in [0, 0.05) is 39.1 Å². The quantitative estimate of drug-likeness (QED) is 0.265. The number of pyridine rings is 1. The average Bonchev–Trinajstić information content (AvgIpc) is 3.06. The van der Waals surface area contributed by atoms with Gasteiger partial charge in [-0.2, -0.15) is 0 Å². The number of carbonyl (C=O) groups excluding carboxylic acids is 1. The molecule has 0 spiro atoms. The molecule has 8 nitrogen and oxygen atoms in total. The van der Waals surface area contributed by atoms with Gasteiger partial charge in [0.05, 0.1) is 16.6 Å². The minimum atomic E-state index is -0.240. The van der Waals surface area contributed by atoms with Crippen molar-refractivity contribution in [2.45, 2.75) is 46.6 Å². The highest BCUT2D eigenvalue weighted by Gasteiger charge is 2.32. The molecule has 1 N–H and O–H groups in total. The van der Waals surface area contributed by atoms with Crippen LogP contribution in [0.15, 0.2) is 28.0 Å². The van der Waals surface area contributed by atoms with Crippen molar-refractivity contribution in [2.24, 2.45) is 0 Å². The molecule has 10 heteroatoms. The third kappa shape index (κ3) is 6.65. The van der Waals surface area contributed by atoms with E-state index < -0.39 is 0 Å². The first kappa shape index (κ1) is 26.3. The molecule has 1 fully saturated rings. The fourth-order valence-corrected chi connectivity index (χ4v) is 4.70. The number of thioether (sulfide) groups is 1. The van der Waals surface area contributed by atoms with E-state index in [2.05, 4.69) is 10.3 Å². The van der Waals surface area contributed by atoms with Crippen LogP contribution in [0.2, 0.25) is 0 Å². The van der Waals surface area contributed by atoms with Gasteiger partial charge >= 0.3 is 0 Å². The highest BCUT2D eigenvalue weighted by molar-refractivity contribution is 8.26. The Balaban J connectivity index is 1.89. The van der Waals surface area contributed by atoms with Gasteiger partial charge in [-0.25, -0.2) is 4.98 Å². The molecule has 3 rings (SSSR count). The van der Waals surface area contributed by atoms with Crippen molar-refractivity contribution < 1.29 is 14.3 Å². The van der Waals surface area contributed by atoms with Crippen molar-refractivity contribution in [1.82, 2.24) is 14.3 Å². The lowest BCUT2D eigenvalue weighted by Gasteiger charge is -2.14. The first-order chi connectivity index (χ1) is 16.3. The monoisotopic (exact) mass is 504 g/mol. The van der Waals surface area contributed by atoms with E-state index in [0.717, 1.165) is 12.0 Å². The normalized spacial score (nSPS) is 15.3. The molecule has 34 heavy (non-hydrogen) atoms. The Morgan fingerprint density at radius 1 is 1.24 bits per heavy atom. The average molecular weight is 505 g/mol. The molecule has 0 aromatic carbocycles. The molecule has 0 saturated carbocycles. The Hall–Kier alpha value is -2.27. The summed E-state index contributed by atoms with van der Waals surface area (Å²) in [5.41, 5.74) is 1.57. The van der Waals surface area contributed by atoms with Crippen LogP contribution in [0.4, 0.5) is 5.82 Å². The Morgan fingerprint density at radius 3 is 2.76 bits per heavy atom. The summed E-state index contributed by atoms with van der Waals surface area (Å²) in [7, 11) is 0. The summed E-state index contributed by atoms with van der Waals surface area (Å²) in [6.45, 7) is 10.7. The van der Waals surface area contributed by atoms with E-state index in [1.807, 2.05) is 39.8 Å². The van der Waals surface area contributed by atoms with Crippen molar-refractivity contribution in [3.63, 3.8) is 0 Å². The van der Waals surface area contributed by atoms with Crippen molar-refractivity contribution in [3.05, 3.63) is 44.7 Å². The predicted molar refractivity (Wildman–Crippen MR) is 141 cm³/mol. The first-order valence-corrected chi connectivity index (χ1v) is 12.8. The molecular formula is C24H32N4O4S2. The van der Waals surface area contributed by atoms with E-state index in [4.69, 9.17) is 21.7 Å². The second-order valence-corrected chi connectivity index (χ2v) is 9.87. The van der Waals surface area contributed by atoms with Crippen molar-refractivity contribution >= 4 is 51.7 Å². The van der Waals surface area contributed by atoms with Gasteiger partial charge in [0.2, 0.25) is 0 Å². The zero-order chi connectivity index (χ0) is 24.7. The van der Waals surface area contributed by atoms with E-state index in [0.29, 0.717) is 65.6 Å². The summed E-state index contributed by atoms with van der Waals surface area (Å²) in [5.74, 6) is 0.247. The number of rotatable bonds is 12. The number of anilines is 1. The molecule has 1 saturated heterocycles. The minimum Gasteiger partial charge on any atom is -0.382 e. The number of carbonyl (C=O) groups is 1. The molecule has 0 unspecified atom stereocenters. The summed E-state index contributed by atoms with van der Waals surface area (Å²) in [6, 6.07) is 3.72. The third-order valence-electron chi connectivity index (χ3n) is 5.09. The predicted octanol–water partition coefficient (Wildman–Crippen LogP) is 3.86. The van der Waals surface area contributed by atoms with Gasteiger partial charge in [-0.15, -0.1) is 0 Å². The second-order valence-electron chi connectivity index (χ2n) is 8.20. The Morgan fingerprint density at radius 2 is 2.03 bits per heavy atom. The molecule has 184 valence electrons. The highest BCUT2D eigenvalue weighted by Crippen LogP contribution is 2.33. The summed E-state index contributed by atoms with van der Waals surface area (Å²) >= 11 is 6.63. The number of nitrogens with zero attached hydrogens (tertiary/aromatic N) is 3. The Bertz CT molecular complexity index is 1130. The van der Waals surface area contributed by atoms with Gasteiger partial charge in [-0.1, -0.05) is 30.0 Å². The molecule has 0 aliphatic carbocycles. The maximum absolute atomic E-state index is 13.4. The molecule has 1 aliphatic heterocycles. The smallest absolute Gasteiger partial charge is 0.267 e. The SMILES string of the molecule is CCOCCCN1C(=O)C(=Cc2c(NCCCOC(C)C)nc3ccc(C)cn3c2=O)SC1=S. The van der Waals surface area contributed by atoms with Crippen LogP contribution in [0, 0.1) is 6.92 Å². The van der Waals surface area contributed by atoms with Crippen LogP contribution in [0.5, 0.6) is 0 Å². The molecule has 3 heterocycles. The number of hydrogen-bond acceptors (Lipinski definition) is 8. The molecule has 2 aromatic rings. The van der Waals surface area contributed by atoms with Crippen LogP contribution in [0.1, 0.15) is 44.7 Å². The number of amides is 1. The van der Waals surface area contributed by atoms with E-state index in [9.17, 15) is 9.59 Å². The lowest BCUT2D eigenvalue weighted by Crippen LogP contribution is -2.29. The fraction of sp³-hybridized carbons (Fsp3) is 0.500. The number of ether oxygens (including phenoxy) is 2. The van der Waals surface area contributed by atoms with E-state index in [1.54, 1.807) is 17.2 Å². The standard InChI is InChI=1S/C24H32N4O4S2/c1-5-31-12-7-11-27-23(30)19(34-24(27)33)14-18-21(25-10-6-13-32-16(2)3)26-20-9-8-17(4)15-28(20)22(18)29/h8-9,14-16,25H,5-7,10-13H2,1-4H3. The van der Waals surface area contributed by atoms with Crippen LogP contribution in [-0.2, 0) is 14.3 Å². The molecule has 1 amide bonds. The van der Waals surface area contributed by atoms with Gasteiger partial charge in [-0.3, -0.25) is 18.9 Å².